The third-order valence-corrected chi connectivity index (χ3v) is 5.64. The Hall–Kier alpha value is -2.02. The number of fused-ring (bicyclic) bond motifs is 1. The first-order valence-corrected chi connectivity index (χ1v) is 9.53. The number of aromatic nitrogens is 5. The van der Waals surface area contributed by atoms with Crippen LogP contribution in [0.15, 0.2) is 29.6 Å². The van der Waals surface area contributed by atoms with E-state index in [1.165, 1.54) is 32.1 Å². The van der Waals surface area contributed by atoms with Crippen LogP contribution in [0.25, 0.3) is 5.52 Å². The van der Waals surface area contributed by atoms with Gasteiger partial charge in [0.2, 0.25) is 5.16 Å². The van der Waals surface area contributed by atoms with Crippen LogP contribution in [0, 0.1) is 0 Å². The highest BCUT2D eigenvalue weighted by atomic mass is 32.2. The lowest BCUT2D eigenvalue weighted by molar-refractivity contribution is 0.515. The molecular formula is C17H22N6S. The van der Waals surface area contributed by atoms with Crippen LogP contribution in [0.1, 0.15) is 44.7 Å². The van der Waals surface area contributed by atoms with Crippen molar-refractivity contribution in [1.29, 1.82) is 0 Å². The van der Waals surface area contributed by atoms with Gasteiger partial charge in [-0.3, -0.25) is 5.10 Å². The van der Waals surface area contributed by atoms with E-state index in [4.69, 9.17) is 4.98 Å². The maximum absolute atomic E-state index is 4.76. The maximum atomic E-state index is 4.76. The van der Waals surface area contributed by atoms with Crippen LogP contribution in [-0.4, -0.2) is 30.0 Å². The van der Waals surface area contributed by atoms with Crippen molar-refractivity contribution in [2.24, 2.45) is 0 Å². The third-order valence-electron chi connectivity index (χ3n) is 4.45. The van der Waals surface area contributed by atoms with Crippen LogP contribution in [0.5, 0.6) is 0 Å². The lowest BCUT2D eigenvalue weighted by Gasteiger charge is -2.20. The Balaban J connectivity index is 1.61. The van der Waals surface area contributed by atoms with E-state index in [9.17, 15) is 0 Å². The van der Waals surface area contributed by atoms with E-state index in [2.05, 4.69) is 27.5 Å². The van der Waals surface area contributed by atoms with Gasteiger partial charge in [-0.05, 0) is 31.4 Å². The SMILES string of the molecule is CCc1cc(Nc2nc(SC3CCCCC3)nn3cccc23)n[nH]1. The van der Waals surface area contributed by atoms with Gasteiger partial charge < -0.3 is 5.32 Å². The van der Waals surface area contributed by atoms with Gasteiger partial charge in [-0.1, -0.05) is 37.9 Å². The molecular weight excluding hydrogens is 320 g/mol. The number of rotatable bonds is 5. The predicted molar refractivity (Wildman–Crippen MR) is 97.0 cm³/mol. The molecule has 6 nitrogen and oxygen atoms in total. The van der Waals surface area contributed by atoms with Crippen molar-refractivity contribution >= 4 is 28.9 Å². The zero-order valence-electron chi connectivity index (χ0n) is 13.8. The quantitative estimate of drug-likeness (QED) is 0.728. The van der Waals surface area contributed by atoms with E-state index in [0.717, 1.165) is 34.4 Å². The average Bonchev–Trinajstić information content (AvgIpc) is 3.25. The Kier molecular flexibility index (Phi) is 4.42. The van der Waals surface area contributed by atoms with Crippen LogP contribution in [-0.2, 0) is 6.42 Å². The largest absolute Gasteiger partial charge is 0.322 e. The van der Waals surface area contributed by atoms with E-state index in [1.807, 2.05) is 28.9 Å². The normalized spacial score (nSPS) is 15.9. The number of aromatic amines is 1. The van der Waals surface area contributed by atoms with Crippen LogP contribution < -0.4 is 5.32 Å². The van der Waals surface area contributed by atoms with Gasteiger partial charge in [-0.25, -0.2) is 9.50 Å². The Morgan fingerprint density at radius 1 is 1.33 bits per heavy atom. The average molecular weight is 342 g/mol. The number of nitrogens with zero attached hydrogens (tertiary/aromatic N) is 4. The van der Waals surface area contributed by atoms with Crippen molar-refractivity contribution in [2.75, 3.05) is 5.32 Å². The van der Waals surface area contributed by atoms with Gasteiger partial charge in [0.05, 0.1) is 0 Å². The molecule has 7 heteroatoms. The number of H-pyrrole nitrogens is 1. The van der Waals surface area contributed by atoms with Gasteiger partial charge in [0, 0.05) is 23.2 Å². The van der Waals surface area contributed by atoms with Crippen LogP contribution in [0.3, 0.4) is 0 Å². The summed E-state index contributed by atoms with van der Waals surface area (Å²) in [5.41, 5.74) is 2.07. The Bertz CT molecular complexity index is 817. The monoisotopic (exact) mass is 342 g/mol. The topological polar surface area (TPSA) is 70.9 Å². The fraction of sp³-hybridized carbons (Fsp3) is 0.471. The van der Waals surface area contributed by atoms with Gasteiger partial charge in [-0.2, -0.15) is 5.10 Å². The zero-order valence-corrected chi connectivity index (χ0v) is 14.6. The summed E-state index contributed by atoms with van der Waals surface area (Å²) in [6, 6.07) is 6.03. The molecule has 1 aliphatic carbocycles. The molecule has 0 radical (unpaired) electrons. The molecule has 0 spiro atoms. The van der Waals surface area contributed by atoms with Crippen LogP contribution in [0.4, 0.5) is 11.6 Å². The van der Waals surface area contributed by atoms with Crippen LogP contribution in [0.2, 0.25) is 0 Å². The number of hydrogen-bond acceptors (Lipinski definition) is 5. The molecule has 4 rings (SSSR count). The second-order valence-corrected chi connectivity index (χ2v) is 7.48. The van der Waals surface area contributed by atoms with Crippen molar-refractivity contribution in [3.05, 3.63) is 30.1 Å². The Morgan fingerprint density at radius 2 is 2.21 bits per heavy atom. The maximum Gasteiger partial charge on any atom is 0.209 e. The van der Waals surface area contributed by atoms with Gasteiger partial charge in [0.15, 0.2) is 11.6 Å². The number of nitrogens with one attached hydrogen (secondary N) is 2. The molecule has 1 fully saturated rings. The molecule has 126 valence electrons. The Labute approximate surface area is 145 Å². The minimum absolute atomic E-state index is 0.636. The predicted octanol–water partition coefficient (Wildman–Crippen LogP) is 4.18. The van der Waals surface area contributed by atoms with E-state index in [-0.39, 0.29) is 0 Å². The van der Waals surface area contributed by atoms with E-state index >= 15 is 0 Å². The Morgan fingerprint density at radius 3 is 3.00 bits per heavy atom. The first-order chi connectivity index (χ1) is 11.8. The van der Waals surface area contributed by atoms with Crippen molar-refractivity contribution in [3.8, 4) is 0 Å². The van der Waals surface area contributed by atoms with Gasteiger partial charge >= 0.3 is 0 Å². The second-order valence-electron chi connectivity index (χ2n) is 6.22. The lowest BCUT2D eigenvalue weighted by Crippen LogP contribution is -2.10. The summed E-state index contributed by atoms with van der Waals surface area (Å²) >= 11 is 1.81. The molecule has 0 bridgehead atoms. The summed E-state index contributed by atoms with van der Waals surface area (Å²) in [4.78, 5) is 4.76. The molecule has 3 heterocycles. The van der Waals surface area contributed by atoms with Crippen LogP contribution >= 0.6 is 11.8 Å². The lowest BCUT2D eigenvalue weighted by atomic mass is 10.0. The first kappa shape index (κ1) is 15.5. The summed E-state index contributed by atoms with van der Waals surface area (Å²) in [5, 5.41) is 16.8. The first-order valence-electron chi connectivity index (χ1n) is 8.65. The summed E-state index contributed by atoms with van der Waals surface area (Å²) in [7, 11) is 0. The van der Waals surface area contributed by atoms with E-state index in [0.29, 0.717) is 5.25 Å². The molecule has 0 amide bonds. The third kappa shape index (κ3) is 3.26. The molecule has 0 saturated heterocycles. The van der Waals surface area contributed by atoms with Gasteiger partial charge in [-0.15, -0.1) is 5.10 Å². The van der Waals surface area contributed by atoms with Gasteiger partial charge in [0.25, 0.3) is 0 Å². The molecule has 24 heavy (non-hydrogen) atoms. The van der Waals surface area contributed by atoms with E-state index in [1.54, 1.807) is 11.8 Å². The molecule has 3 aromatic rings. The summed E-state index contributed by atoms with van der Waals surface area (Å²) in [6.07, 6.45) is 9.43. The smallest absolute Gasteiger partial charge is 0.209 e. The van der Waals surface area contributed by atoms with Crippen molar-refractivity contribution < 1.29 is 0 Å². The standard InChI is InChI=1S/C17H22N6S/c1-2-12-11-15(21-20-12)18-16-14-9-6-10-23(14)22-17(19-16)24-13-7-4-3-5-8-13/h6,9-11,13H,2-5,7-8H2,1H3,(H2,18,19,20,21,22). The number of hydrogen-bond donors (Lipinski definition) is 2. The molecule has 0 aliphatic heterocycles. The van der Waals surface area contributed by atoms with Gasteiger partial charge in [0.1, 0.15) is 5.52 Å². The number of thioether (sulfide) groups is 1. The summed E-state index contributed by atoms with van der Waals surface area (Å²) in [5.74, 6) is 1.60. The second kappa shape index (κ2) is 6.84. The van der Waals surface area contributed by atoms with Crippen molar-refractivity contribution in [1.82, 2.24) is 24.8 Å². The molecule has 2 N–H and O–H groups in total. The highest BCUT2D eigenvalue weighted by Crippen LogP contribution is 2.33. The summed E-state index contributed by atoms with van der Waals surface area (Å²) in [6.45, 7) is 2.10. The van der Waals surface area contributed by atoms with Crippen molar-refractivity contribution in [2.45, 2.75) is 55.9 Å². The molecule has 0 atom stereocenters. The number of anilines is 2. The highest BCUT2D eigenvalue weighted by molar-refractivity contribution is 7.99. The highest BCUT2D eigenvalue weighted by Gasteiger charge is 2.18. The molecule has 3 aromatic heterocycles. The zero-order chi connectivity index (χ0) is 16.4. The van der Waals surface area contributed by atoms with Crippen molar-refractivity contribution in [3.63, 3.8) is 0 Å². The molecule has 1 saturated carbocycles. The number of aryl methyl sites for hydroxylation is 1. The minimum atomic E-state index is 0.636. The molecule has 1 aliphatic rings. The molecule has 0 aromatic carbocycles. The fourth-order valence-electron chi connectivity index (χ4n) is 3.12. The minimum Gasteiger partial charge on any atom is -0.322 e. The fourth-order valence-corrected chi connectivity index (χ4v) is 4.26. The summed E-state index contributed by atoms with van der Waals surface area (Å²) < 4.78 is 1.90. The van der Waals surface area contributed by atoms with E-state index < -0.39 is 0 Å². The molecule has 0 unspecified atom stereocenters.